The van der Waals surface area contributed by atoms with Crippen molar-refractivity contribution in [2.24, 2.45) is 0 Å². The lowest BCUT2D eigenvalue weighted by atomic mass is 10.1. The summed E-state index contributed by atoms with van der Waals surface area (Å²) in [5.74, 6) is -0.661. The minimum absolute atomic E-state index is 0.00766. The molecule has 0 amide bonds. The van der Waals surface area contributed by atoms with Crippen molar-refractivity contribution in [1.82, 2.24) is 0 Å². The van der Waals surface area contributed by atoms with Crippen molar-refractivity contribution in [2.45, 2.75) is 26.4 Å². The second-order valence-corrected chi connectivity index (χ2v) is 3.40. The molecule has 0 heterocycles. The van der Waals surface area contributed by atoms with Crippen molar-refractivity contribution in [3.63, 3.8) is 0 Å². The molecule has 0 saturated heterocycles. The lowest BCUT2D eigenvalue weighted by Crippen LogP contribution is -2.12. The van der Waals surface area contributed by atoms with Crippen LogP contribution in [0.5, 0.6) is 5.75 Å². The van der Waals surface area contributed by atoms with Gasteiger partial charge in [-0.05, 0) is 31.5 Å². The van der Waals surface area contributed by atoms with Crippen molar-refractivity contribution in [3.05, 3.63) is 23.8 Å². The number of ether oxygens (including phenoxy) is 1. The largest absolute Gasteiger partial charge is 0.490 e. The van der Waals surface area contributed by atoms with Crippen molar-refractivity contribution in [1.29, 1.82) is 0 Å². The Balaban J connectivity index is 3.01. The van der Waals surface area contributed by atoms with E-state index in [-0.39, 0.29) is 11.7 Å². The fourth-order valence-corrected chi connectivity index (χ4v) is 1.12. The highest BCUT2D eigenvalue weighted by Gasteiger charge is 2.13. The number of nitrogen functional groups attached to an aromatic ring is 1. The normalized spacial score (nSPS) is 12.1. The van der Waals surface area contributed by atoms with Crippen LogP contribution in [0.3, 0.4) is 0 Å². The molecule has 15 heavy (non-hydrogen) atoms. The molecule has 1 atom stereocenters. The molecule has 0 aliphatic carbocycles. The van der Waals surface area contributed by atoms with Crippen LogP contribution in [0.15, 0.2) is 18.2 Å². The van der Waals surface area contributed by atoms with Gasteiger partial charge in [-0.25, -0.2) is 4.79 Å². The van der Waals surface area contributed by atoms with Crippen LogP contribution in [-0.2, 0) is 0 Å². The summed E-state index contributed by atoms with van der Waals surface area (Å²) in [5.41, 5.74) is 6.04. The minimum atomic E-state index is -1.03. The Morgan fingerprint density at radius 3 is 2.80 bits per heavy atom. The molecule has 1 aromatic carbocycles. The average molecular weight is 209 g/mol. The Morgan fingerprint density at radius 1 is 1.60 bits per heavy atom. The first-order valence-corrected chi connectivity index (χ1v) is 4.84. The molecule has 3 N–H and O–H groups in total. The van der Waals surface area contributed by atoms with Crippen LogP contribution in [0.25, 0.3) is 0 Å². The van der Waals surface area contributed by atoms with Crippen LogP contribution in [0.4, 0.5) is 5.69 Å². The maximum absolute atomic E-state index is 10.9. The van der Waals surface area contributed by atoms with Crippen molar-refractivity contribution in [2.75, 3.05) is 5.73 Å². The molecule has 0 fully saturated rings. The molecule has 0 aliphatic heterocycles. The highest BCUT2D eigenvalue weighted by Crippen LogP contribution is 2.23. The van der Waals surface area contributed by atoms with E-state index < -0.39 is 5.97 Å². The molecule has 0 aromatic heterocycles. The summed E-state index contributed by atoms with van der Waals surface area (Å²) in [6.45, 7) is 3.87. The minimum Gasteiger partial charge on any atom is -0.490 e. The van der Waals surface area contributed by atoms with E-state index >= 15 is 0 Å². The van der Waals surface area contributed by atoms with Crippen molar-refractivity contribution < 1.29 is 14.6 Å². The number of carboxylic acid groups (broad SMARTS) is 1. The lowest BCUT2D eigenvalue weighted by Gasteiger charge is -2.14. The predicted molar refractivity (Wildman–Crippen MR) is 58.2 cm³/mol. The molecule has 4 heteroatoms. The molecule has 0 radical (unpaired) electrons. The zero-order chi connectivity index (χ0) is 11.4. The molecule has 82 valence electrons. The average Bonchev–Trinajstić information content (AvgIpc) is 2.20. The number of hydrogen-bond acceptors (Lipinski definition) is 3. The third-order valence-electron chi connectivity index (χ3n) is 2.14. The Hall–Kier alpha value is -1.71. The summed E-state index contributed by atoms with van der Waals surface area (Å²) in [6.07, 6.45) is 0.815. The van der Waals surface area contributed by atoms with Gasteiger partial charge in [0.1, 0.15) is 11.3 Å². The van der Waals surface area contributed by atoms with Crippen LogP contribution < -0.4 is 10.5 Å². The van der Waals surface area contributed by atoms with Crippen LogP contribution in [0.2, 0.25) is 0 Å². The van der Waals surface area contributed by atoms with Gasteiger partial charge in [0, 0.05) is 5.69 Å². The summed E-state index contributed by atoms with van der Waals surface area (Å²) in [6, 6.07) is 4.62. The molecule has 0 aliphatic rings. The van der Waals surface area contributed by atoms with Gasteiger partial charge >= 0.3 is 5.97 Å². The molecule has 0 bridgehead atoms. The summed E-state index contributed by atoms with van der Waals surface area (Å²) in [4.78, 5) is 10.9. The summed E-state index contributed by atoms with van der Waals surface area (Å²) >= 11 is 0. The molecular weight excluding hydrogens is 194 g/mol. The summed E-state index contributed by atoms with van der Waals surface area (Å²) < 4.78 is 5.47. The Bertz CT molecular complexity index is 363. The number of carboxylic acids is 1. The van der Waals surface area contributed by atoms with Gasteiger partial charge in [-0.15, -0.1) is 0 Å². The Morgan fingerprint density at radius 2 is 2.27 bits per heavy atom. The van der Waals surface area contributed by atoms with Gasteiger partial charge in [-0.1, -0.05) is 6.92 Å². The van der Waals surface area contributed by atoms with Gasteiger partial charge in [0.05, 0.1) is 6.10 Å². The van der Waals surface area contributed by atoms with Crippen molar-refractivity contribution in [3.8, 4) is 5.75 Å². The number of rotatable bonds is 4. The van der Waals surface area contributed by atoms with Crippen LogP contribution in [-0.4, -0.2) is 17.2 Å². The van der Waals surface area contributed by atoms with E-state index in [1.54, 1.807) is 12.1 Å². The summed E-state index contributed by atoms with van der Waals surface area (Å²) in [7, 11) is 0. The number of anilines is 1. The second-order valence-electron chi connectivity index (χ2n) is 3.40. The first-order valence-electron chi connectivity index (χ1n) is 4.84. The van der Waals surface area contributed by atoms with E-state index in [2.05, 4.69) is 0 Å². The smallest absolute Gasteiger partial charge is 0.339 e. The topological polar surface area (TPSA) is 72.5 Å². The van der Waals surface area contributed by atoms with E-state index in [0.29, 0.717) is 11.4 Å². The predicted octanol–water partition coefficient (Wildman–Crippen LogP) is 2.14. The molecule has 0 saturated carbocycles. The summed E-state index contributed by atoms with van der Waals surface area (Å²) in [5, 5.41) is 8.94. The number of aromatic carboxylic acids is 1. The monoisotopic (exact) mass is 209 g/mol. The van der Waals surface area contributed by atoms with Gasteiger partial charge in [0.2, 0.25) is 0 Å². The fraction of sp³-hybridized carbons (Fsp3) is 0.364. The molecule has 4 nitrogen and oxygen atoms in total. The number of hydrogen-bond donors (Lipinski definition) is 2. The first kappa shape index (κ1) is 11.4. The van der Waals surface area contributed by atoms with Gasteiger partial charge in [-0.3, -0.25) is 0 Å². The van der Waals surface area contributed by atoms with Crippen LogP contribution in [0.1, 0.15) is 30.6 Å². The Labute approximate surface area is 88.7 Å². The maximum Gasteiger partial charge on any atom is 0.339 e. The molecule has 1 rings (SSSR count). The van der Waals surface area contributed by atoms with Crippen LogP contribution in [0, 0.1) is 0 Å². The third kappa shape index (κ3) is 2.87. The maximum atomic E-state index is 10.9. The first-order chi connectivity index (χ1) is 7.04. The van der Waals surface area contributed by atoms with E-state index in [0.717, 1.165) is 6.42 Å². The Kier molecular flexibility index (Phi) is 3.55. The fourth-order valence-electron chi connectivity index (χ4n) is 1.12. The quantitative estimate of drug-likeness (QED) is 0.745. The van der Waals surface area contributed by atoms with Gasteiger partial charge in [-0.2, -0.15) is 0 Å². The second kappa shape index (κ2) is 4.68. The highest BCUT2D eigenvalue weighted by molar-refractivity contribution is 5.92. The zero-order valence-electron chi connectivity index (χ0n) is 8.86. The van der Waals surface area contributed by atoms with Crippen molar-refractivity contribution >= 4 is 11.7 Å². The van der Waals surface area contributed by atoms with Gasteiger partial charge < -0.3 is 15.6 Å². The third-order valence-corrected chi connectivity index (χ3v) is 2.14. The number of benzene rings is 1. The van der Waals surface area contributed by atoms with Gasteiger partial charge in [0.25, 0.3) is 0 Å². The SMILES string of the molecule is CCC(C)Oc1ccc(N)cc1C(=O)O. The zero-order valence-corrected chi connectivity index (χ0v) is 8.86. The lowest BCUT2D eigenvalue weighted by molar-refractivity contribution is 0.0689. The number of carbonyl (C=O) groups is 1. The standard InChI is InChI=1S/C11H15NO3/c1-3-7(2)15-10-5-4-8(12)6-9(10)11(13)14/h4-7H,3,12H2,1-2H3,(H,13,14). The molecule has 1 aromatic rings. The molecule has 1 unspecified atom stereocenters. The van der Waals surface area contributed by atoms with E-state index in [1.165, 1.54) is 6.07 Å². The van der Waals surface area contributed by atoms with E-state index in [1.807, 2.05) is 13.8 Å². The van der Waals surface area contributed by atoms with Gasteiger partial charge in [0.15, 0.2) is 0 Å². The highest BCUT2D eigenvalue weighted by atomic mass is 16.5. The molecule has 0 spiro atoms. The molecular formula is C11H15NO3. The van der Waals surface area contributed by atoms with Crippen LogP contribution >= 0.6 is 0 Å². The number of nitrogens with two attached hydrogens (primary N) is 1. The van der Waals surface area contributed by atoms with E-state index in [9.17, 15) is 4.79 Å². The van der Waals surface area contributed by atoms with E-state index in [4.69, 9.17) is 15.6 Å².